The number of fused-ring (bicyclic) bond motifs is 1. The Bertz CT molecular complexity index is 370. The summed E-state index contributed by atoms with van der Waals surface area (Å²) in [5, 5.41) is 3.73. The molecule has 1 heterocycles. The van der Waals surface area contributed by atoms with Crippen molar-refractivity contribution in [3.8, 4) is 0 Å². The first-order chi connectivity index (χ1) is 9.35. The maximum absolute atomic E-state index is 3.83. The molecule has 0 aromatic carbocycles. The number of rotatable bonds is 8. The fourth-order valence-electron chi connectivity index (χ4n) is 2.82. The highest BCUT2D eigenvalue weighted by Gasteiger charge is 2.18. The van der Waals surface area contributed by atoms with Crippen LogP contribution in [0, 0.1) is 0 Å². The van der Waals surface area contributed by atoms with Gasteiger partial charge in [-0.2, -0.15) is 0 Å². The van der Waals surface area contributed by atoms with Gasteiger partial charge in [0.15, 0.2) is 0 Å². The first kappa shape index (κ1) is 14.8. The number of unbranched alkanes of at least 4 members (excludes halogenated alkanes) is 1. The minimum Gasteiger partial charge on any atom is -0.309 e. The highest BCUT2D eigenvalue weighted by Crippen LogP contribution is 2.34. The van der Waals surface area contributed by atoms with Gasteiger partial charge < -0.3 is 5.32 Å². The molecule has 2 rings (SSSR count). The van der Waals surface area contributed by atoms with Crippen LogP contribution in [0.3, 0.4) is 0 Å². The fraction of sp³-hybridized carbons (Fsp3) is 0.647. The van der Waals surface area contributed by atoms with Crippen LogP contribution in [0.25, 0.3) is 0 Å². The molecule has 1 N–H and O–H groups in total. The summed E-state index contributed by atoms with van der Waals surface area (Å²) < 4.78 is 0. The van der Waals surface area contributed by atoms with Gasteiger partial charge in [-0.25, -0.2) is 0 Å². The summed E-state index contributed by atoms with van der Waals surface area (Å²) in [5.41, 5.74) is 1.64. The summed E-state index contributed by atoms with van der Waals surface area (Å²) in [6.45, 7) is 7.20. The maximum atomic E-state index is 3.83. The minimum absolute atomic E-state index is 0.565. The molecule has 1 aromatic rings. The van der Waals surface area contributed by atoms with Crippen LogP contribution in [-0.2, 0) is 12.8 Å². The summed E-state index contributed by atoms with van der Waals surface area (Å²) in [6, 6.07) is 3.05. The molecule has 1 nitrogen and oxygen atoms in total. The molecule has 106 valence electrons. The molecule has 19 heavy (non-hydrogen) atoms. The Kier molecular flexibility index (Phi) is 6.12. The van der Waals surface area contributed by atoms with E-state index in [0.29, 0.717) is 6.04 Å². The SMILES string of the molecule is C=CCCCC(NCCC)c1cc2c(s1)CCCC2. The van der Waals surface area contributed by atoms with Crippen LogP contribution < -0.4 is 5.32 Å². The summed E-state index contributed by atoms with van der Waals surface area (Å²) in [4.78, 5) is 3.23. The van der Waals surface area contributed by atoms with Crippen molar-refractivity contribution in [2.45, 2.75) is 64.3 Å². The lowest BCUT2D eigenvalue weighted by Gasteiger charge is -2.16. The van der Waals surface area contributed by atoms with Gasteiger partial charge in [-0.15, -0.1) is 17.9 Å². The Morgan fingerprint density at radius 3 is 3.00 bits per heavy atom. The third-order valence-corrected chi connectivity index (χ3v) is 5.25. The van der Waals surface area contributed by atoms with Crippen LogP contribution in [0.5, 0.6) is 0 Å². The van der Waals surface area contributed by atoms with Crippen molar-refractivity contribution in [3.05, 3.63) is 34.0 Å². The van der Waals surface area contributed by atoms with Crippen LogP contribution in [0.4, 0.5) is 0 Å². The molecule has 2 heteroatoms. The van der Waals surface area contributed by atoms with E-state index in [0.717, 1.165) is 13.0 Å². The van der Waals surface area contributed by atoms with Crippen molar-refractivity contribution < 1.29 is 0 Å². The highest BCUT2D eigenvalue weighted by atomic mass is 32.1. The lowest BCUT2D eigenvalue weighted by atomic mass is 9.98. The minimum atomic E-state index is 0.565. The van der Waals surface area contributed by atoms with Crippen molar-refractivity contribution in [1.29, 1.82) is 0 Å². The normalized spacial score (nSPS) is 16.1. The van der Waals surface area contributed by atoms with E-state index in [2.05, 4.69) is 36.2 Å². The van der Waals surface area contributed by atoms with Gasteiger partial charge in [0.1, 0.15) is 0 Å². The Morgan fingerprint density at radius 1 is 1.42 bits per heavy atom. The molecule has 0 fully saturated rings. The smallest absolute Gasteiger partial charge is 0.0415 e. The lowest BCUT2D eigenvalue weighted by molar-refractivity contribution is 0.492. The standard InChI is InChI=1S/C17H27NS/c1-3-5-6-10-15(18-12-4-2)17-13-14-9-7-8-11-16(14)19-17/h3,13,15,18H,1,4-12H2,2H3. The van der Waals surface area contributed by atoms with Gasteiger partial charge in [0.25, 0.3) is 0 Å². The zero-order chi connectivity index (χ0) is 13.5. The molecule has 1 atom stereocenters. The first-order valence-electron chi connectivity index (χ1n) is 7.81. The van der Waals surface area contributed by atoms with Gasteiger partial charge in [-0.05, 0) is 69.5 Å². The predicted molar refractivity (Wildman–Crippen MR) is 86.0 cm³/mol. The van der Waals surface area contributed by atoms with Gasteiger partial charge in [0.2, 0.25) is 0 Å². The van der Waals surface area contributed by atoms with Gasteiger partial charge in [0, 0.05) is 15.8 Å². The molecule has 1 aliphatic carbocycles. The molecular weight excluding hydrogens is 250 g/mol. The topological polar surface area (TPSA) is 12.0 Å². The molecular formula is C17H27NS. The molecule has 0 saturated heterocycles. The van der Waals surface area contributed by atoms with Crippen molar-refractivity contribution >= 4 is 11.3 Å². The molecule has 1 aromatic heterocycles. The maximum Gasteiger partial charge on any atom is 0.0415 e. The predicted octanol–water partition coefficient (Wildman–Crippen LogP) is 5.02. The van der Waals surface area contributed by atoms with E-state index in [1.165, 1.54) is 44.9 Å². The Hall–Kier alpha value is -0.600. The monoisotopic (exact) mass is 277 g/mol. The molecule has 0 spiro atoms. The number of nitrogens with one attached hydrogen (secondary N) is 1. The number of thiophene rings is 1. The van der Waals surface area contributed by atoms with E-state index in [-0.39, 0.29) is 0 Å². The lowest BCUT2D eigenvalue weighted by Crippen LogP contribution is -2.21. The van der Waals surface area contributed by atoms with Crippen LogP contribution in [0.15, 0.2) is 18.7 Å². The fourth-order valence-corrected chi connectivity index (χ4v) is 4.18. The van der Waals surface area contributed by atoms with Crippen LogP contribution in [-0.4, -0.2) is 6.54 Å². The van der Waals surface area contributed by atoms with Crippen molar-refractivity contribution in [3.63, 3.8) is 0 Å². The van der Waals surface area contributed by atoms with Crippen LogP contribution in [0.2, 0.25) is 0 Å². The van der Waals surface area contributed by atoms with Crippen LogP contribution >= 0.6 is 11.3 Å². The second-order valence-electron chi connectivity index (χ2n) is 5.53. The van der Waals surface area contributed by atoms with Gasteiger partial charge in [-0.1, -0.05) is 13.0 Å². The number of hydrogen-bond donors (Lipinski definition) is 1. The van der Waals surface area contributed by atoms with Crippen molar-refractivity contribution in [2.75, 3.05) is 6.54 Å². The second-order valence-corrected chi connectivity index (χ2v) is 6.70. The molecule has 0 bridgehead atoms. The zero-order valence-corrected chi connectivity index (χ0v) is 13.0. The Labute approximate surface area is 122 Å². The average Bonchev–Trinajstić information content (AvgIpc) is 2.86. The average molecular weight is 277 g/mol. The summed E-state index contributed by atoms with van der Waals surface area (Å²) in [6.07, 6.45) is 12.3. The number of hydrogen-bond acceptors (Lipinski definition) is 2. The Morgan fingerprint density at radius 2 is 2.26 bits per heavy atom. The zero-order valence-electron chi connectivity index (χ0n) is 12.2. The third-order valence-electron chi connectivity index (χ3n) is 3.90. The van der Waals surface area contributed by atoms with Gasteiger partial charge in [0.05, 0.1) is 0 Å². The van der Waals surface area contributed by atoms with E-state index >= 15 is 0 Å². The molecule has 1 aliphatic rings. The van der Waals surface area contributed by atoms with E-state index in [1.807, 2.05) is 6.08 Å². The highest BCUT2D eigenvalue weighted by molar-refractivity contribution is 7.12. The van der Waals surface area contributed by atoms with E-state index in [1.54, 1.807) is 15.3 Å². The summed E-state index contributed by atoms with van der Waals surface area (Å²) in [7, 11) is 0. The molecule has 1 unspecified atom stereocenters. The van der Waals surface area contributed by atoms with Crippen molar-refractivity contribution in [2.24, 2.45) is 0 Å². The third kappa shape index (κ3) is 4.19. The van der Waals surface area contributed by atoms with E-state index in [9.17, 15) is 0 Å². The molecule has 0 amide bonds. The van der Waals surface area contributed by atoms with Gasteiger partial charge in [-0.3, -0.25) is 0 Å². The van der Waals surface area contributed by atoms with Crippen molar-refractivity contribution in [1.82, 2.24) is 5.32 Å². The Balaban J connectivity index is 2.02. The number of allylic oxidation sites excluding steroid dienone is 1. The number of aryl methyl sites for hydroxylation is 2. The molecule has 0 radical (unpaired) electrons. The second kappa shape index (κ2) is 7.86. The summed E-state index contributed by atoms with van der Waals surface area (Å²) in [5.74, 6) is 0. The molecule has 0 saturated carbocycles. The quantitative estimate of drug-likeness (QED) is 0.519. The molecule has 0 aliphatic heterocycles. The largest absolute Gasteiger partial charge is 0.309 e. The van der Waals surface area contributed by atoms with E-state index in [4.69, 9.17) is 0 Å². The van der Waals surface area contributed by atoms with Gasteiger partial charge >= 0.3 is 0 Å². The van der Waals surface area contributed by atoms with Crippen LogP contribution in [0.1, 0.15) is 66.8 Å². The van der Waals surface area contributed by atoms with E-state index < -0.39 is 0 Å². The first-order valence-corrected chi connectivity index (χ1v) is 8.62. The summed E-state index contributed by atoms with van der Waals surface area (Å²) >= 11 is 2.06.